The zero-order valence-electron chi connectivity index (χ0n) is 15.9. The van der Waals surface area contributed by atoms with Gasteiger partial charge in [-0.1, -0.05) is 0 Å². The molecule has 3 rings (SSSR count). The molecular formula is C19H16BrF3N4O2. The maximum absolute atomic E-state index is 13.4. The molecule has 0 saturated heterocycles. The van der Waals surface area contributed by atoms with Crippen LogP contribution in [0.1, 0.15) is 22.4 Å². The Morgan fingerprint density at radius 2 is 1.90 bits per heavy atom. The predicted octanol–water partition coefficient (Wildman–Crippen LogP) is 4.19. The van der Waals surface area contributed by atoms with Crippen LogP contribution in [0.4, 0.5) is 19.0 Å². The number of ether oxygens (including phenoxy) is 1. The molecule has 2 heterocycles. The summed E-state index contributed by atoms with van der Waals surface area (Å²) in [5, 5.41) is 9.40. The standard InChI is InChI=1S/C19H16BrF3N4O2/c1-8-5-12(20)16(29-4)9(2)14(8)27-15-10(11(7-24)17(27)25)6-13(19(21,22)23)26(3)18(15)28/h5-6H,25H2,1-4H3. The number of fused-ring (bicyclic) bond motifs is 1. The summed E-state index contributed by atoms with van der Waals surface area (Å²) in [6.45, 7) is 3.50. The smallest absolute Gasteiger partial charge is 0.431 e. The lowest BCUT2D eigenvalue weighted by Gasteiger charge is -2.19. The topological polar surface area (TPSA) is 86.0 Å². The molecule has 0 spiro atoms. The monoisotopic (exact) mass is 468 g/mol. The number of pyridine rings is 1. The molecule has 2 aromatic heterocycles. The number of alkyl halides is 3. The summed E-state index contributed by atoms with van der Waals surface area (Å²) < 4.78 is 48.1. The molecule has 0 unspecified atom stereocenters. The Labute approximate surface area is 172 Å². The molecule has 0 radical (unpaired) electrons. The molecule has 6 nitrogen and oxygen atoms in total. The van der Waals surface area contributed by atoms with Gasteiger partial charge in [0.05, 0.1) is 17.3 Å². The highest BCUT2D eigenvalue weighted by molar-refractivity contribution is 9.10. The number of anilines is 1. The van der Waals surface area contributed by atoms with E-state index in [1.165, 1.54) is 11.7 Å². The van der Waals surface area contributed by atoms with E-state index < -0.39 is 17.4 Å². The van der Waals surface area contributed by atoms with Gasteiger partial charge < -0.3 is 15.0 Å². The Balaban J connectivity index is 2.60. The first kappa shape index (κ1) is 20.8. The highest BCUT2D eigenvalue weighted by Gasteiger charge is 2.36. The number of aromatic nitrogens is 2. The van der Waals surface area contributed by atoms with E-state index in [1.54, 1.807) is 19.9 Å². The maximum Gasteiger partial charge on any atom is 0.431 e. The number of rotatable bonds is 2. The van der Waals surface area contributed by atoms with E-state index >= 15 is 0 Å². The van der Waals surface area contributed by atoms with Crippen molar-refractivity contribution >= 4 is 32.7 Å². The normalized spacial score (nSPS) is 11.7. The molecule has 0 atom stereocenters. The third-order valence-corrected chi connectivity index (χ3v) is 5.44. The van der Waals surface area contributed by atoms with Gasteiger partial charge in [0.2, 0.25) is 0 Å². The fourth-order valence-electron chi connectivity index (χ4n) is 3.59. The summed E-state index contributed by atoms with van der Waals surface area (Å²) in [5.41, 5.74) is 5.55. The molecule has 10 heteroatoms. The highest BCUT2D eigenvalue weighted by atomic mass is 79.9. The van der Waals surface area contributed by atoms with Crippen molar-refractivity contribution in [2.45, 2.75) is 20.0 Å². The number of hydrogen-bond acceptors (Lipinski definition) is 4. The average Bonchev–Trinajstić information content (AvgIpc) is 2.89. The van der Waals surface area contributed by atoms with E-state index in [0.717, 1.165) is 13.1 Å². The van der Waals surface area contributed by atoms with Crippen LogP contribution in [0.2, 0.25) is 0 Å². The summed E-state index contributed by atoms with van der Waals surface area (Å²) in [4.78, 5) is 13.0. The van der Waals surface area contributed by atoms with E-state index in [4.69, 9.17) is 10.5 Å². The minimum atomic E-state index is -4.77. The molecule has 1 aromatic carbocycles. The van der Waals surface area contributed by atoms with Gasteiger partial charge in [0, 0.05) is 18.0 Å². The van der Waals surface area contributed by atoms with Gasteiger partial charge in [-0.25, -0.2) is 0 Å². The first-order chi connectivity index (χ1) is 13.4. The van der Waals surface area contributed by atoms with Gasteiger partial charge in [0.15, 0.2) is 0 Å². The minimum Gasteiger partial charge on any atom is -0.495 e. The van der Waals surface area contributed by atoms with Crippen molar-refractivity contribution in [2.24, 2.45) is 7.05 Å². The number of nitrogens with two attached hydrogens (primary N) is 1. The van der Waals surface area contributed by atoms with Crippen LogP contribution in [0.3, 0.4) is 0 Å². The van der Waals surface area contributed by atoms with Crippen LogP contribution in [0, 0.1) is 25.2 Å². The van der Waals surface area contributed by atoms with Crippen LogP contribution in [-0.2, 0) is 13.2 Å². The van der Waals surface area contributed by atoms with Crippen molar-refractivity contribution in [3.63, 3.8) is 0 Å². The molecule has 0 aliphatic carbocycles. The lowest BCUT2D eigenvalue weighted by atomic mass is 10.1. The molecule has 3 aromatic rings. The third kappa shape index (κ3) is 2.97. The van der Waals surface area contributed by atoms with E-state index in [0.29, 0.717) is 31.6 Å². The summed E-state index contributed by atoms with van der Waals surface area (Å²) in [7, 11) is 2.50. The van der Waals surface area contributed by atoms with Gasteiger partial charge in [-0.2, -0.15) is 18.4 Å². The SMILES string of the molecule is COc1c(Br)cc(C)c(-n2c(N)c(C#N)c3cc(C(F)(F)F)n(C)c(=O)c32)c1C. The van der Waals surface area contributed by atoms with Crippen molar-refractivity contribution in [1.82, 2.24) is 9.13 Å². The Hall–Kier alpha value is -2.93. The first-order valence-electron chi connectivity index (χ1n) is 8.30. The van der Waals surface area contributed by atoms with Crippen LogP contribution < -0.4 is 16.0 Å². The van der Waals surface area contributed by atoms with Crippen LogP contribution in [-0.4, -0.2) is 16.2 Å². The predicted molar refractivity (Wildman–Crippen MR) is 106 cm³/mol. The zero-order chi connectivity index (χ0) is 21.8. The number of aryl methyl sites for hydroxylation is 1. The zero-order valence-corrected chi connectivity index (χ0v) is 17.5. The van der Waals surface area contributed by atoms with Crippen molar-refractivity contribution in [3.05, 3.63) is 49.3 Å². The van der Waals surface area contributed by atoms with Crippen LogP contribution in [0.15, 0.2) is 21.4 Å². The first-order valence-corrected chi connectivity index (χ1v) is 9.10. The van der Waals surface area contributed by atoms with Gasteiger partial charge in [-0.3, -0.25) is 9.36 Å². The number of nitrogens with zero attached hydrogens (tertiary/aromatic N) is 3. The number of benzene rings is 1. The lowest BCUT2D eigenvalue weighted by Crippen LogP contribution is -2.26. The molecule has 29 heavy (non-hydrogen) atoms. The van der Waals surface area contributed by atoms with Gasteiger partial charge in [0.1, 0.15) is 34.4 Å². The molecular weight excluding hydrogens is 453 g/mol. The second kappa shape index (κ2) is 6.84. The van der Waals surface area contributed by atoms with Crippen molar-refractivity contribution < 1.29 is 17.9 Å². The van der Waals surface area contributed by atoms with Gasteiger partial charge in [0.25, 0.3) is 5.56 Å². The number of hydrogen-bond donors (Lipinski definition) is 1. The fourth-order valence-corrected chi connectivity index (χ4v) is 4.39. The van der Waals surface area contributed by atoms with Crippen LogP contribution in [0.25, 0.3) is 16.6 Å². The van der Waals surface area contributed by atoms with E-state index in [9.17, 15) is 23.2 Å². The number of halogens is 4. The van der Waals surface area contributed by atoms with Crippen molar-refractivity contribution in [1.29, 1.82) is 5.26 Å². The third-order valence-electron chi connectivity index (χ3n) is 4.85. The van der Waals surface area contributed by atoms with Crippen LogP contribution in [0.5, 0.6) is 5.75 Å². The van der Waals surface area contributed by atoms with E-state index in [-0.39, 0.29) is 22.3 Å². The van der Waals surface area contributed by atoms with Crippen molar-refractivity contribution in [3.8, 4) is 17.5 Å². The largest absolute Gasteiger partial charge is 0.495 e. The summed E-state index contributed by atoms with van der Waals surface area (Å²) in [6.07, 6.45) is -4.77. The molecule has 2 N–H and O–H groups in total. The quantitative estimate of drug-likeness (QED) is 0.610. The van der Waals surface area contributed by atoms with Gasteiger partial charge in [-0.05, 0) is 47.5 Å². The fraction of sp³-hybridized carbons (Fsp3) is 0.263. The van der Waals surface area contributed by atoms with E-state index in [2.05, 4.69) is 15.9 Å². The van der Waals surface area contributed by atoms with Crippen LogP contribution >= 0.6 is 15.9 Å². The maximum atomic E-state index is 13.4. The number of nitriles is 1. The number of methoxy groups -OCH3 is 1. The van der Waals surface area contributed by atoms with Crippen molar-refractivity contribution in [2.75, 3.05) is 12.8 Å². The molecule has 152 valence electrons. The summed E-state index contributed by atoms with van der Waals surface area (Å²) in [5.74, 6) is 0.364. The average molecular weight is 469 g/mol. The summed E-state index contributed by atoms with van der Waals surface area (Å²) >= 11 is 3.40. The lowest BCUT2D eigenvalue weighted by molar-refractivity contribution is -0.143. The summed E-state index contributed by atoms with van der Waals surface area (Å²) in [6, 6.07) is 4.35. The Morgan fingerprint density at radius 1 is 1.28 bits per heavy atom. The highest BCUT2D eigenvalue weighted by Crippen LogP contribution is 2.40. The second-order valence-corrected chi connectivity index (χ2v) is 7.40. The Morgan fingerprint density at radius 3 is 2.41 bits per heavy atom. The second-order valence-electron chi connectivity index (χ2n) is 6.54. The van der Waals surface area contributed by atoms with Gasteiger partial charge >= 0.3 is 6.18 Å². The Kier molecular flexibility index (Phi) is 4.91. The molecule has 0 amide bonds. The molecule has 0 saturated carbocycles. The molecule has 0 aliphatic rings. The minimum absolute atomic E-state index is 0.106. The molecule has 0 aliphatic heterocycles. The van der Waals surface area contributed by atoms with E-state index in [1.807, 2.05) is 6.07 Å². The number of nitrogen functional groups attached to an aromatic ring is 1. The molecule has 0 bridgehead atoms. The Bertz CT molecular complexity index is 1270. The van der Waals surface area contributed by atoms with Gasteiger partial charge in [-0.15, -0.1) is 0 Å². The molecule has 0 fully saturated rings.